The number of nitrogens with one attached hydrogen (secondary N) is 2. The zero-order chi connectivity index (χ0) is 22.0. The third-order valence-electron chi connectivity index (χ3n) is 4.40. The first-order valence-electron chi connectivity index (χ1n) is 9.05. The zero-order valence-electron chi connectivity index (χ0n) is 16.2. The monoisotopic (exact) mass is 437 g/mol. The van der Waals surface area contributed by atoms with Crippen molar-refractivity contribution in [2.75, 3.05) is 10.6 Å². The molecule has 4 aromatic rings. The molecule has 0 saturated carbocycles. The highest BCUT2D eigenvalue weighted by Crippen LogP contribution is 2.31. The van der Waals surface area contributed by atoms with E-state index in [2.05, 4.69) is 20.6 Å². The first-order valence-corrected chi connectivity index (χ1v) is 9.43. The van der Waals surface area contributed by atoms with Gasteiger partial charge in [-0.05, 0) is 36.4 Å². The quantitative estimate of drug-likeness (QED) is 0.414. The molecule has 2 amide bonds. The van der Waals surface area contributed by atoms with Crippen LogP contribution in [0.25, 0.3) is 11.0 Å². The van der Waals surface area contributed by atoms with Gasteiger partial charge in [0, 0.05) is 25.0 Å². The number of hydrogen-bond acceptors (Lipinski definition) is 5. The van der Waals surface area contributed by atoms with Crippen molar-refractivity contribution >= 4 is 46.0 Å². The second-order valence-electron chi connectivity index (χ2n) is 6.55. The van der Waals surface area contributed by atoms with Crippen LogP contribution >= 0.6 is 11.6 Å². The van der Waals surface area contributed by atoms with Crippen molar-refractivity contribution in [3.63, 3.8) is 0 Å². The number of fused-ring (bicyclic) bond motifs is 1. The molecule has 3 N–H and O–H groups in total. The largest absolute Gasteiger partial charge is 0.478 e. The number of carbonyl (C=O) groups is 2. The number of carboxylic acids is 1. The van der Waals surface area contributed by atoms with E-state index in [0.717, 1.165) is 11.0 Å². The van der Waals surface area contributed by atoms with Crippen LogP contribution in [0.2, 0.25) is 5.02 Å². The van der Waals surface area contributed by atoms with E-state index in [4.69, 9.17) is 21.4 Å². The number of ether oxygens (including phenoxy) is 1. The SMILES string of the molecule is Cn1ccc2ncnc(Oc3ccc(NC(=O)Nc4cccc(C(=O)O)c4)c(Cl)c3)c21. The lowest BCUT2D eigenvalue weighted by Gasteiger charge is -2.11. The van der Waals surface area contributed by atoms with Crippen LogP contribution in [-0.2, 0) is 7.05 Å². The Kier molecular flexibility index (Phi) is 5.42. The van der Waals surface area contributed by atoms with Gasteiger partial charge >= 0.3 is 12.0 Å². The van der Waals surface area contributed by atoms with E-state index >= 15 is 0 Å². The molecule has 0 aliphatic rings. The number of carbonyl (C=O) groups excluding carboxylic acids is 1. The van der Waals surface area contributed by atoms with Crippen molar-refractivity contribution in [3.05, 3.63) is 71.6 Å². The Bertz CT molecular complexity index is 1300. The smallest absolute Gasteiger partial charge is 0.335 e. The van der Waals surface area contributed by atoms with E-state index < -0.39 is 12.0 Å². The summed E-state index contributed by atoms with van der Waals surface area (Å²) in [6.45, 7) is 0. The van der Waals surface area contributed by atoms with Crippen LogP contribution in [0.4, 0.5) is 16.2 Å². The van der Waals surface area contributed by atoms with Gasteiger partial charge in [-0.1, -0.05) is 17.7 Å². The zero-order valence-corrected chi connectivity index (χ0v) is 16.9. The van der Waals surface area contributed by atoms with Crippen LogP contribution in [0.1, 0.15) is 10.4 Å². The average Bonchev–Trinajstić information content (AvgIpc) is 3.12. The van der Waals surface area contributed by atoms with Gasteiger partial charge in [0.1, 0.15) is 17.6 Å². The summed E-state index contributed by atoms with van der Waals surface area (Å²) >= 11 is 6.30. The Labute approximate surface area is 181 Å². The second kappa shape index (κ2) is 8.33. The van der Waals surface area contributed by atoms with Crippen molar-refractivity contribution in [2.45, 2.75) is 0 Å². The number of aromatic nitrogens is 3. The van der Waals surface area contributed by atoms with Crippen LogP contribution < -0.4 is 15.4 Å². The fourth-order valence-corrected chi connectivity index (χ4v) is 3.17. The summed E-state index contributed by atoms with van der Waals surface area (Å²) in [6.07, 6.45) is 3.27. The molecule has 0 bridgehead atoms. The molecular formula is C21H16ClN5O4. The molecule has 0 aliphatic heterocycles. The highest BCUT2D eigenvalue weighted by molar-refractivity contribution is 6.34. The molecule has 0 radical (unpaired) electrons. The second-order valence-corrected chi connectivity index (χ2v) is 6.96. The number of anilines is 2. The standard InChI is InChI=1S/C21H16ClN5O4/c1-27-8-7-17-18(27)19(24-11-23-17)31-14-5-6-16(15(22)10-14)26-21(30)25-13-4-2-3-12(9-13)20(28)29/h2-11H,1H3,(H,28,29)(H2,25,26,30). The summed E-state index contributed by atoms with van der Waals surface area (Å²) in [6, 6.07) is 12.0. The fraction of sp³-hybridized carbons (Fsp3) is 0.0476. The number of halogens is 1. The van der Waals surface area contributed by atoms with Crippen molar-refractivity contribution < 1.29 is 19.4 Å². The molecular weight excluding hydrogens is 422 g/mol. The van der Waals surface area contributed by atoms with Crippen molar-refractivity contribution in [2.24, 2.45) is 7.05 Å². The number of amides is 2. The van der Waals surface area contributed by atoms with Crippen molar-refractivity contribution in [1.29, 1.82) is 0 Å². The molecule has 2 aromatic carbocycles. The third-order valence-corrected chi connectivity index (χ3v) is 4.71. The summed E-state index contributed by atoms with van der Waals surface area (Å²) in [4.78, 5) is 31.7. The summed E-state index contributed by atoms with van der Waals surface area (Å²) in [5.74, 6) is -0.268. The van der Waals surface area contributed by atoms with E-state index in [9.17, 15) is 9.59 Å². The number of urea groups is 1. The van der Waals surface area contributed by atoms with E-state index in [-0.39, 0.29) is 10.6 Å². The first kappa shape index (κ1) is 20.2. The Hall–Kier alpha value is -4.11. The Morgan fingerprint density at radius 3 is 2.71 bits per heavy atom. The van der Waals surface area contributed by atoms with E-state index in [1.165, 1.54) is 24.5 Å². The molecule has 0 unspecified atom stereocenters. The van der Waals surface area contributed by atoms with Gasteiger partial charge in [-0.25, -0.2) is 14.6 Å². The summed E-state index contributed by atoms with van der Waals surface area (Å²) < 4.78 is 7.72. The number of aromatic carboxylic acids is 1. The molecule has 0 spiro atoms. The maximum absolute atomic E-state index is 12.3. The minimum absolute atomic E-state index is 0.0642. The van der Waals surface area contributed by atoms with Crippen LogP contribution in [0.5, 0.6) is 11.6 Å². The summed E-state index contributed by atoms with van der Waals surface area (Å²) in [5, 5.41) is 14.5. The molecule has 2 aromatic heterocycles. The Morgan fingerprint density at radius 1 is 1.10 bits per heavy atom. The normalized spacial score (nSPS) is 10.6. The maximum Gasteiger partial charge on any atom is 0.335 e. The molecule has 2 heterocycles. The lowest BCUT2D eigenvalue weighted by molar-refractivity contribution is 0.0697. The minimum atomic E-state index is -1.08. The Morgan fingerprint density at radius 2 is 1.94 bits per heavy atom. The van der Waals surface area contributed by atoms with Gasteiger partial charge in [0.2, 0.25) is 5.88 Å². The Balaban J connectivity index is 1.47. The number of nitrogens with zero attached hydrogens (tertiary/aromatic N) is 3. The summed E-state index contributed by atoms with van der Waals surface area (Å²) in [7, 11) is 1.86. The third kappa shape index (κ3) is 4.41. The molecule has 31 heavy (non-hydrogen) atoms. The van der Waals surface area contributed by atoms with Crippen molar-refractivity contribution in [1.82, 2.24) is 14.5 Å². The van der Waals surface area contributed by atoms with Gasteiger partial charge in [-0.3, -0.25) is 0 Å². The van der Waals surface area contributed by atoms with Crippen LogP contribution in [0.3, 0.4) is 0 Å². The van der Waals surface area contributed by atoms with Gasteiger partial charge in [0.05, 0.1) is 21.8 Å². The number of hydrogen-bond donors (Lipinski definition) is 3. The lowest BCUT2D eigenvalue weighted by Crippen LogP contribution is -2.19. The molecule has 4 rings (SSSR count). The van der Waals surface area contributed by atoms with Gasteiger partial charge in [-0.15, -0.1) is 0 Å². The molecule has 10 heteroatoms. The van der Waals surface area contributed by atoms with Crippen LogP contribution in [-0.4, -0.2) is 31.6 Å². The van der Waals surface area contributed by atoms with Crippen LogP contribution in [0.15, 0.2) is 61.1 Å². The van der Waals surface area contributed by atoms with Crippen LogP contribution in [0, 0.1) is 0 Å². The fourth-order valence-electron chi connectivity index (χ4n) is 2.95. The predicted octanol–water partition coefficient (Wildman–Crippen LogP) is 4.76. The summed E-state index contributed by atoms with van der Waals surface area (Å²) in [5.41, 5.74) is 2.25. The maximum atomic E-state index is 12.3. The number of rotatable bonds is 5. The molecule has 0 aliphatic carbocycles. The lowest BCUT2D eigenvalue weighted by atomic mass is 10.2. The minimum Gasteiger partial charge on any atom is -0.478 e. The molecule has 156 valence electrons. The van der Waals surface area contributed by atoms with Gasteiger partial charge < -0.3 is 25.0 Å². The van der Waals surface area contributed by atoms with Gasteiger partial charge in [0.15, 0.2) is 0 Å². The molecule has 0 fully saturated rings. The van der Waals surface area contributed by atoms with Crippen molar-refractivity contribution in [3.8, 4) is 11.6 Å². The topological polar surface area (TPSA) is 118 Å². The van der Waals surface area contributed by atoms with E-state index in [1.54, 1.807) is 24.3 Å². The number of benzene rings is 2. The predicted molar refractivity (Wildman–Crippen MR) is 116 cm³/mol. The highest BCUT2D eigenvalue weighted by atomic mass is 35.5. The highest BCUT2D eigenvalue weighted by Gasteiger charge is 2.12. The van der Waals surface area contributed by atoms with E-state index in [0.29, 0.717) is 23.0 Å². The van der Waals surface area contributed by atoms with Gasteiger partial charge in [-0.2, -0.15) is 4.98 Å². The molecule has 0 saturated heterocycles. The van der Waals surface area contributed by atoms with E-state index in [1.807, 2.05) is 23.9 Å². The first-order chi connectivity index (χ1) is 14.9. The molecule has 0 atom stereocenters. The number of aryl methyl sites for hydroxylation is 1. The van der Waals surface area contributed by atoms with Gasteiger partial charge in [0.25, 0.3) is 0 Å². The molecule has 9 nitrogen and oxygen atoms in total. The average molecular weight is 438 g/mol. The number of carboxylic acid groups (broad SMARTS) is 1.